The van der Waals surface area contributed by atoms with Crippen molar-refractivity contribution in [3.63, 3.8) is 0 Å². The summed E-state index contributed by atoms with van der Waals surface area (Å²) in [7, 11) is 9.80. The zero-order valence-electron chi connectivity index (χ0n) is 54.2. The number of hydrogen-bond donors (Lipinski definition) is 9. The van der Waals surface area contributed by atoms with E-state index in [1.54, 1.807) is 56.3 Å². The third-order valence-corrected chi connectivity index (χ3v) is 9.53. The molecule has 0 saturated heterocycles. The van der Waals surface area contributed by atoms with E-state index >= 15 is 0 Å². The van der Waals surface area contributed by atoms with Gasteiger partial charge in [0.2, 0.25) is 57.5 Å². The van der Waals surface area contributed by atoms with Crippen molar-refractivity contribution in [3.05, 3.63) is 15.9 Å². The van der Waals surface area contributed by atoms with E-state index in [-0.39, 0.29) is 53.1 Å². The number of hydrogen-bond acceptors (Lipinski definition) is 27. The van der Waals surface area contributed by atoms with Crippen LogP contribution in [0.5, 0.6) is 0 Å². The second kappa shape index (κ2) is 52.0. The van der Waals surface area contributed by atoms with E-state index < -0.39 is 22.2 Å². The Morgan fingerprint density at radius 3 is 0.885 bits per heavy atom. The van der Waals surface area contributed by atoms with Crippen LogP contribution in [0.3, 0.4) is 0 Å². The van der Waals surface area contributed by atoms with Crippen molar-refractivity contribution in [2.75, 3.05) is 129 Å². The first-order valence-electron chi connectivity index (χ1n) is 26.7. The number of terminal acetylenes is 4. The Labute approximate surface area is 552 Å². The van der Waals surface area contributed by atoms with Crippen LogP contribution in [0.15, 0.2) is 0 Å². The average Bonchev–Trinajstić information content (AvgIpc) is 3.26. The summed E-state index contributed by atoms with van der Waals surface area (Å²) in [6.45, 7) is 31.8. The number of nitrogens with two attached hydrogens (primary N) is 1. The number of rotatable bonds is 25. The second-order valence-corrected chi connectivity index (χ2v) is 19.8. The normalized spacial score (nSPS) is 9.98. The summed E-state index contributed by atoms with van der Waals surface area (Å²) in [5.74, 6) is 14.1. The predicted molar refractivity (Wildman–Crippen MR) is 367 cm³/mol. The van der Waals surface area contributed by atoms with Gasteiger partial charge in [0, 0.05) is 60.5 Å². The molecule has 0 spiro atoms. The Bertz CT molecular complexity index is 2490. The molecule has 4 rings (SSSR count). The number of halogens is 6. The first kappa shape index (κ1) is 92.1. The third kappa shape index (κ3) is 48.7. The highest BCUT2D eigenvalue weighted by Crippen LogP contribution is 2.19. The van der Waals surface area contributed by atoms with Crippen molar-refractivity contribution in [2.24, 2.45) is 5.73 Å². The van der Waals surface area contributed by atoms with Crippen LogP contribution in [0.4, 0.5) is 53.5 Å². The van der Waals surface area contributed by atoms with Crippen molar-refractivity contribution in [3.8, 4) is 49.4 Å². The maximum absolute atomic E-state index is 5.81. The van der Waals surface area contributed by atoms with Gasteiger partial charge in [0.1, 0.15) is 0 Å². The molecule has 0 saturated carbocycles. The van der Waals surface area contributed by atoms with Crippen LogP contribution in [-0.4, -0.2) is 164 Å². The minimum absolute atomic E-state index is 0. The molecular formula is C54H97Cl6N23O4. The van der Waals surface area contributed by atoms with E-state index in [2.05, 4.69) is 152 Å². The molecule has 27 nitrogen and oxygen atoms in total. The molecule has 0 radical (unpaired) electrons. The van der Waals surface area contributed by atoms with Crippen LogP contribution < -0.4 is 58.6 Å². The molecule has 0 unspecified atom stereocenters. The molecule has 0 atom stereocenters. The monoisotopic (exact) mass is 1340 g/mol. The molecule has 33 heteroatoms. The number of hydroxylamine groups is 3. The molecule has 0 aromatic carbocycles. The van der Waals surface area contributed by atoms with Gasteiger partial charge in [0.15, 0.2) is 0 Å². The number of ether oxygens (including phenoxy) is 1. The van der Waals surface area contributed by atoms with Crippen LogP contribution in [-0.2, 0) is 19.2 Å². The Morgan fingerprint density at radius 1 is 0.437 bits per heavy atom. The molecule has 4 aromatic rings. The first-order chi connectivity index (χ1) is 39.4. The van der Waals surface area contributed by atoms with Gasteiger partial charge in [-0.25, -0.2) is 15.6 Å². The second-order valence-electron chi connectivity index (χ2n) is 18.8. The number of nitrogens with zero attached hydrogens (tertiary/aromatic N) is 14. The standard InChI is InChI=1S/2C13H22N6O.C11H16ClN5.C6H8Cl2N4.C5H9N.C4H10O.C2H7NO.3ClH/c2*1-7-9-14-10-15-11(18-13(3,4)8-2)17-12(16-10)19(5)20-6;1-5-7-13-9-14-8(12)15-10(16-9)17-11(3,4)6-2;1-2-3-9-6-11-4(7)10-5(8)12-6;1-4-5(2,3)6;1-3-5-4-2;1-3-4-2;;;/h2*2H,7,9H2,1,3-6H3,(H2,14,15,16,17,18);2H,5,7H2,1,3-4H3,(H2,13,14,15,16,17);2-3H2,1H3,(H,9,10,11,12);1H,6H2,2-3H3;3-4H2,1-2H3;3H,1-2H3;3*1H. The fraction of sp³-hybridized carbons (Fsp3) is 0.630. The molecule has 10 N–H and O–H groups in total. The molecule has 87 heavy (non-hydrogen) atoms. The van der Waals surface area contributed by atoms with Gasteiger partial charge in [0.05, 0.1) is 43.5 Å². The molecule has 4 heterocycles. The van der Waals surface area contributed by atoms with E-state index in [9.17, 15) is 0 Å². The molecule has 4 aromatic heterocycles. The zero-order chi connectivity index (χ0) is 65.0. The average molecular weight is 1350 g/mol. The molecule has 0 bridgehead atoms. The lowest BCUT2D eigenvalue weighted by Gasteiger charge is -2.21. The van der Waals surface area contributed by atoms with Gasteiger partial charge >= 0.3 is 0 Å². The van der Waals surface area contributed by atoms with E-state index in [1.807, 2.05) is 62.3 Å². The summed E-state index contributed by atoms with van der Waals surface area (Å²) in [6, 6.07) is 0. The highest BCUT2D eigenvalue weighted by molar-refractivity contribution is 6.31. The summed E-state index contributed by atoms with van der Waals surface area (Å²) in [6.07, 6.45) is 25.1. The zero-order valence-corrected chi connectivity index (χ0v) is 58.9. The SMILES string of the molecule is C#CC(C)(C)N.C#CC(C)(C)Nc1nc(Cl)nc(NCCC)n1.C#CC(C)(C)Nc1nc(NCCC)nc(N(C)OC)n1.C#CC(C)(C)Nc1nc(NCCC)nc(N(C)OC)n1.CCCNc1nc(Cl)nc(Cl)n1.CCOCC.CNOC.Cl.Cl.Cl. The van der Waals surface area contributed by atoms with E-state index in [4.69, 9.17) is 80.6 Å². The summed E-state index contributed by atoms with van der Waals surface area (Å²) in [5.41, 5.74) is 5.66. The smallest absolute Gasteiger partial charge is 0.256 e. The third-order valence-electron chi connectivity index (χ3n) is 9.02. The lowest BCUT2D eigenvalue weighted by molar-refractivity contribution is 0.112. The van der Waals surface area contributed by atoms with Gasteiger partial charge in [-0.15, -0.1) is 62.9 Å². The van der Waals surface area contributed by atoms with Crippen molar-refractivity contribution in [2.45, 2.75) is 145 Å². The molecule has 0 aliphatic rings. The van der Waals surface area contributed by atoms with Crippen LogP contribution in [0.2, 0.25) is 15.9 Å². The van der Waals surface area contributed by atoms with Crippen LogP contribution in [0.25, 0.3) is 0 Å². The Hall–Kier alpha value is -6.02. The molecule has 0 aliphatic heterocycles. The maximum Gasteiger partial charge on any atom is 0.256 e. The fourth-order valence-electron chi connectivity index (χ4n) is 4.43. The van der Waals surface area contributed by atoms with Gasteiger partial charge in [-0.2, -0.15) is 59.8 Å². The van der Waals surface area contributed by atoms with Crippen LogP contribution in [0.1, 0.15) is 123 Å². The van der Waals surface area contributed by atoms with Gasteiger partial charge < -0.3 is 52.5 Å². The molecular weight excluding hydrogens is 1250 g/mol. The van der Waals surface area contributed by atoms with Gasteiger partial charge in [-0.3, -0.25) is 9.68 Å². The van der Waals surface area contributed by atoms with Gasteiger partial charge in [-0.1, -0.05) is 51.4 Å². The van der Waals surface area contributed by atoms with Crippen molar-refractivity contribution in [1.82, 2.24) is 65.3 Å². The molecule has 0 aliphatic carbocycles. The van der Waals surface area contributed by atoms with E-state index in [1.165, 1.54) is 10.1 Å². The fourth-order valence-corrected chi connectivity index (χ4v) is 4.96. The topological polar surface area (TPSA) is 320 Å². The lowest BCUT2D eigenvalue weighted by atomic mass is 10.1. The highest BCUT2D eigenvalue weighted by atomic mass is 35.5. The summed E-state index contributed by atoms with van der Waals surface area (Å²) in [5, 5.41) is 24.6. The minimum atomic E-state index is -0.549. The molecule has 0 amide bonds. The van der Waals surface area contributed by atoms with Gasteiger partial charge in [-0.05, 0) is 130 Å². The molecule has 0 fully saturated rings. The highest BCUT2D eigenvalue weighted by Gasteiger charge is 2.20. The number of aromatic nitrogens is 12. The predicted octanol–water partition coefficient (Wildman–Crippen LogP) is 9.63. The summed E-state index contributed by atoms with van der Waals surface area (Å²) < 4.78 is 4.83. The number of anilines is 9. The van der Waals surface area contributed by atoms with Gasteiger partial charge in [0.25, 0.3) is 11.9 Å². The Kier molecular flexibility index (Phi) is 55.0. The quantitative estimate of drug-likeness (QED) is 0.0220. The summed E-state index contributed by atoms with van der Waals surface area (Å²) in [4.78, 5) is 63.5. The van der Waals surface area contributed by atoms with Crippen molar-refractivity contribution >= 4 is 126 Å². The maximum atomic E-state index is 5.81. The first-order valence-corrected chi connectivity index (χ1v) is 27.9. The Morgan fingerprint density at radius 2 is 0.667 bits per heavy atom. The largest absolute Gasteiger partial charge is 0.382 e. The number of nitrogens with one attached hydrogen (secondary N) is 8. The van der Waals surface area contributed by atoms with Crippen molar-refractivity contribution < 1.29 is 19.2 Å². The lowest BCUT2D eigenvalue weighted by Crippen LogP contribution is -2.30. The molecule has 494 valence electrons. The minimum Gasteiger partial charge on any atom is -0.382 e. The summed E-state index contributed by atoms with van der Waals surface area (Å²) >= 11 is 16.9. The van der Waals surface area contributed by atoms with E-state index in [0.29, 0.717) is 53.5 Å². The van der Waals surface area contributed by atoms with E-state index in [0.717, 1.165) is 65.1 Å². The van der Waals surface area contributed by atoms with Crippen LogP contribution in [0, 0.1) is 49.4 Å². The van der Waals surface area contributed by atoms with Crippen LogP contribution >= 0.6 is 72.0 Å². The Balaban J connectivity index is -0.000000232. The van der Waals surface area contributed by atoms with Crippen molar-refractivity contribution in [1.29, 1.82) is 0 Å².